The zero-order valence-electron chi connectivity index (χ0n) is 13.3. The first-order valence-electron chi connectivity index (χ1n) is 7.87. The molecule has 0 saturated carbocycles. The predicted octanol–water partition coefficient (Wildman–Crippen LogP) is 3.32. The highest BCUT2D eigenvalue weighted by atomic mass is 16.5. The second kappa shape index (κ2) is 6.41. The van der Waals surface area contributed by atoms with E-state index in [4.69, 9.17) is 10.5 Å². The van der Waals surface area contributed by atoms with E-state index in [2.05, 4.69) is 48.2 Å². The van der Waals surface area contributed by atoms with E-state index in [0.717, 1.165) is 25.3 Å². The minimum atomic E-state index is 0.200. The molecule has 1 saturated heterocycles. The summed E-state index contributed by atoms with van der Waals surface area (Å²) in [5.41, 5.74) is 10.2. The smallest absolute Gasteiger partial charge is 0.120 e. The van der Waals surface area contributed by atoms with Crippen LogP contribution >= 0.6 is 0 Å². The van der Waals surface area contributed by atoms with E-state index in [1.54, 1.807) is 7.11 Å². The number of anilines is 1. The average Bonchev–Trinajstić information content (AvgIpc) is 2.55. The van der Waals surface area contributed by atoms with E-state index < -0.39 is 0 Å². The van der Waals surface area contributed by atoms with Crippen molar-refractivity contribution in [2.45, 2.75) is 25.3 Å². The summed E-state index contributed by atoms with van der Waals surface area (Å²) in [6.45, 7) is 4.03. The van der Waals surface area contributed by atoms with Gasteiger partial charge in [-0.1, -0.05) is 35.9 Å². The largest absolute Gasteiger partial charge is 0.497 e. The van der Waals surface area contributed by atoms with Crippen molar-refractivity contribution in [1.82, 2.24) is 0 Å². The molecule has 1 heterocycles. The molecule has 0 radical (unpaired) electrons. The second-order valence-electron chi connectivity index (χ2n) is 6.21. The first-order valence-corrected chi connectivity index (χ1v) is 7.87. The lowest BCUT2D eigenvalue weighted by Crippen LogP contribution is -2.46. The van der Waals surface area contributed by atoms with Crippen LogP contribution in [0.2, 0.25) is 0 Å². The molecule has 1 fully saturated rings. The molecule has 2 atom stereocenters. The highest BCUT2D eigenvalue weighted by Crippen LogP contribution is 2.31. The predicted molar refractivity (Wildman–Crippen MR) is 91.7 cm³/mol. The Bertz CT molecular complexity index is 624. The van der Waals surface area contributed by atoms with Gasteiger partial charge in [-0.05, 0) is 31.0 Å². The molecule has 0 bridgehead atoms. The van der Waals surface area contributed by atoms with Crippen LogP contribution in [0.3, 0.4) is 0 Å². The van der Waals surface area contributed by atoms with Crippen molar-refractivity contribution in [2.75, 3.05) is 25.1 Å². The fourth-order valence-corrected chi connectivity index (χ4v) is 3.24. The van der Waals surface area contributed by atoms with Crippen LogP contribution in [0.5, 0.6) is 5.75 Å². The van der Waals surface area contributed by atoms with Crippen molar-refractivity contribution < 1.29 is 4.74 Å². The molecular formula is C19H24N2O. The number of benzene rings is 2. The van der Waals surface area contributed by atoms with Gasteiger partial charge in [0.15, 0.2) is 0 Å². The number of nitrogens with two attached hydrogens (primary N) is 1. The van der Waals surface area contributed by atoms with Gasteiger partial charge in [0.05, 0.1) is 7.11 Å². The van der Waals surface area contributed by atoms with E-state index in [0.29, 0.717) is 5.92 Å². The monoisotopic (exact) mass is 296 g/mol. The van der Waals surface area contributed by atoms with Gasteiger partial charge in [-0.15, -0.1) is 0 Å². The lowest BCUT2D eigenvalue weighted by Gasteiger charge is -2.38. The van der Waals surface area contributed by atoms with Crippen molar-refractivity contribution in [3.63, 3.8) is 0 Å². The summed E-state index contributed by atoms with van der Waals surface area (Å²) in [6.07, 6.45) is 1.05. The number of rotatable bonds is 3. The number of ether oxygens (including phenoxy) is 1. The zero-order valence-corrected chi connectivity index (χ0v) is 13.3. The van der Waals surface area contributed by atoms with Crippen molar-refractivity contribution in [3.8, 4) is 5.75 Å². The summed E-state index contributed by atoms with van der Waals surface area (Å²) in [6, 6.07) is 17.3. The molecule has 2 N–H and O–H groups in total. The number of methoxy groups -OCH3 is 1. The Morgan fingerprint density at radius 3 is 2.59 bits per heavy atom. The van der Waals surface area contributed by atoms with Gasteiger partial charge in [-0.3, -0.25) is 0 Å². The SMILES string of the molecule is COc1cccc(N2CC(N)CC(c3ccc(C)cc3)C2)c1. The number of aryl methyl sites for hydroxylation is 1. The summed E-state index contributed by atoms with van der Waals surface area (Å²) >= 11 is 0. The fraction of sp³-hybridized carbons (Fsp3) is 0.368. The Hall–Kier alpha value is -2.00. The molecule has 0 aliphatic carbocycles. The van der Waals surface area contributed by atoms with E-state index in [1.807, 2.05) is 12.1 Å². The van der Waals surface area contributed by atoms with Crippen LogP contribution in [0.15, 0.2) is 48.5 Å². The van der Waals surface area contributed by atoms with Crippen LogP contribution in [0, 0.1) is 6.92 Å². The minimum Gasteiger partial charge on any atom is -0.497 e. The number of hydrogen-bond acceptors (Lipinski definition) is 3. The maximum atomic E-state index is 6.32. The molecule has 0 aromatic heterocycles. The van der Waals surface area contributed by atoms with Gasteiger partial charge in [0.25, 0.3) is 0 Å². The summed E-state index contributed by atoms with van der Waals surface area (Å²) in [5, 5.41) is 0. The van der Waals surface area contributed by atoms with E-state index >= 15 is 0 Å². The van der Waals surface area contributed by atoms with Gasteiger partial charge in [0.2, 0.25) is 0 Å². The third kappa shape index (κ3) is 3.25. The Labute approximate surface area is 132 Å². The van der Waals surface area contributed by atoms with Gasteiger partial charge >= 0.3 is 0 Å². The molecule has 3 rings (SSSR count). The molecular weight excluding hydrogens is 272 g/mol. The van der Waals surface area contributed by atoms with Crippen LogP contribution in [0.25, 0.3) is 0 Å². The maximum Gasteiger partial charge on any atom is 0.120 e. The van der Waals surface area contributed by atoms with Crippen molar-refractivity contribution in [2.24, 2.45) is 5.73 Å². The summed E-state index contributed by atoms with van der Waals surface area (Å²) in [7, 11) is 1.70. The Balaban J connectivity index is 1.82. The van der Waals surface area contributed by atoms with Crippen LogP contribution in [0.4, 0.5) is 5.69 Å². The van der Waals surface area contributed by atoms with Crippen LogP contribution in [-0.4, -0.2) is 26.2 Å². The van der Waals surface area contributed by atoms with E-state index in [9.17, 15) is 0 Å². The van der Waals surface area contributed by atoms with Gasteiger partial charge in [0.1, 0.15) is 5.75 Å². The Morgan fingerprint density at radius 1 is 1.09 bits per heavy atom. The van der Waals surface area contributed by atoms with Gasteiger partial charge in [-0.2, -0.15) is 0 Å². The van der Waals surface area contributed by atoms with Crippen LogP contribution in [-0.2, 0) is 0 Å². The quantitative estimate of drug-likeness (QED) is 0.944. The molecule has 2 aromatic carbocycles. The summed E-state index contributed by atoms with van der Waals surface area (Å²) in [5.74, 6) is 1.37. The molecule has 0 spiro atoms. The number of nitrogens with zero attached hydrogens (tertiary/aromatic N) is 1. The highest BCUT2D eigenvalue weighted by Gasteiger charge is 2.26. The second-order valence-corrected chi connectivity index (χ2v) is 6.21. The third-order valence-electron chi connectivity index (χ3n) is 4.45. The Kier molecular flexibility index (Phi) is 4.34. The van der Waals surface area contributed by atoms with Gasteiger partial charge in [-0.25, -0.2) is 0 Å². The Morgan fingerprint density at radius 2 is 1.86 bits per heavy atom. The first kappa shape index (κ1) is 14.9. The average molecular weight is 296 g/mol. The maximum absolute atomic E-state index is 6.32. The molecule has 22 heavy (non-hydrogen) atoms. The molecule has 1 aliphatic heterocycles. The lowest BCUT2D eigenvalue weighted by molar-refractivity contribution is 0.413. The standard InChI is InChI=1S/C19H24N2O/c1-14-6-8-15(9-7-14)16-10-17(20)13-21(12-16)18-4-3-5-19(11-18)22-2/h3-9,11,16-17H,10,12-13,20H2,1-2H3. The topological polar surface area (TPSA) is 38.5 Å². The molecule has 116 valence electrons. The number of piperidine rings is 1. The summed E-state index contributed by atoms with van der Waals surface area (Å²) < 4.78 is 5.34. The molecule has 1 aliphatic rings. The third-order valence-corrected chi connectivity index (χ3v) is 4.45. The van der Waals surface area contributed by atoms with Crippen molar-refractivity contribution in [1.29, 1.82) is 0 Å². The summed E-state index contributed by atoms with van der Waals surface area (Å²) in [4.78, 5) is 2.38. The molecule has 3 heteroatoms. The zero-order chi connectivity index (χ0) is 15.5. The normalized spacial score (nSPS) is 21.7. The van der Waals surface area contributed by atoms with Crippen LogP contribution < -0.4 is 15.4 Å². The minimum absolute atomic E-state index is 0.200. The molecule has 3 nitrogen and oxygen atoms in total. The molecule has 2 unspecified atom stereocenters. The van der Waals surface area contributed by atoms with Gasteiger partial charge in [0, 0.05) is 36.8 Å². The fourth-order valence-electron chi connectivity index (χ4n) is 3.24. The highest BCUT2D eigenvalue weighted by molar-refractivity contribution is 5.52. The first-order chi connectivity index (χ1) is 10.7. The van der Waals surface area contributed by atoms with Gasteiger partial charge < -0.3 is 15.4 Å². The number of hydrogen-bond donors (Lipinski definition) is 1. The lowest BCUT2D eigenvalue weighted by atomic mass is 9.88. The van der Waals surface area contributed by atoms with Crippen molar-refractivity contribution >= 4 is 5.69 Å². The van der Waals surface area contributed by atoms with Crippen molar-refractivity contribution in [3.05, 3.63) is 59.7 Å². The van der Waals surface area contributed by atoms with E-state index in [-0.39, 0.29) is 6.04 Å². The molecule has 0 amide bonds. The molecule has 2 aromatic rings. The van der Waals surface area contributed by atoms with Crippen LogP contribution in [0.1, 0.15) is 23.5 Å². The van der Waals surface area contributed by atoms with E-state index in [1.165, 1.54) is 16.8 Å².